The number of rotatable bonds is 4. The zero-order chi connectivity index (χ0) is 45.2. The van der Waals surface area contributed by atoms with Gasteiger partial charge in [0.1, 0.15) is 23.3 Å². The van der Waals surface area contributed by atoms with Crippen molar-refractivity contribution in [3.05, 3.63) is 117 Å². The Bertz CT molecular complexity index is 2780. The van der Waals surface area contributed by atoms with Crippen molar-refractivity contribution in [2.75, 3.05) is 0 Å². The summed E-state index contributed by atoms with van der Waals surface area (Å²) in [5, 5.41) is 6.99. The normalized spacial score (nSPS) is 13.0. The van der Waals surface area contributed by atoms with Gasteiger partial charge in [0.15, 0.2) is 11.6 Å². The van der Waals surface area contributed by atoms with Crippen LogP contribution in [-0.2, 0) is 21.7 Å². The van der Waals surface area contributed by atoms with Crippen molar-refractivity contribution in [2.24, 2.45) is 0 Å². The first kappa shape index (κ1) is 43.0. The van der Waals surface area contributed by atoms with Gasteiger partial charge in [0.05, 0.1) is 0 Å². The molecule has 0 aliphatic heterocycles. The van der Waals surface area contributed by atoms with Crippen LogP contribution in [0.3, 0.4) is 0 Å². The van der Waals surface area contributed by atoms with Crippen LogP contribution < -0.4 is 0 Å². The Morgan fingerprint density at radius 1 is 0.306 bits per heavy atom. The molecule has 62 heavy (non-hydrogen) atoms. The van der Waals surface area contributed by atoms with Gasteiger partial charge in [0.2, 0.25) is 0 Å². The van der Waals surface area contributed by atoms with Crippen molar-refractivity contribution in [1.29, 1.82) is 0 Å². The fourth-order valence-electron chi connectivity index (χ4n) is 9.32. The second-order valence-corrected chi connectivity index (χ2v) is 22.2. The van der Waals surface area contributed by atoms with Gasteiger partial charge in [-0.3, -0.25) is 0 Å². The lowest BCUT2D eigenvalue weighted by atomic mass is 9.80. The summed E-state index contributed by atoms with van der Waals surface area (Å²) in [4.78, 5) is 31.5. The first-order valence-corrected chi connectivity index (χ1v) is 22.2. The smallest absolute Gasteiger partial charge is 0.164 e. The summed E-state index contributed by atoms with van der Waals surface area (Å²) >= 11 is 0. The van der Waals surface area contributed by atoms with Crippen LogP contribution in [0.5, 0.6) is 0 Å². The Labute approximate surface area is 369 Å². The summed E-state index contributed by atoms with van der Waals surface area (Å²) in [6.07, 6.45) is 0. The molecule has 6 nitrogen and oxygen atoms in total. The number of hydrogen-bond donors (Lipinski definition) is 0. The van der Waals surface area contributed by atoms with E-state index in [0.717, 1.165) is 45.2 Å². The molecular weight excluding hydrogens is 757 g/mol. The largest absolute Gasteiger partial charge is 0.217 e. The molecule has 0 aliphatic rings. The Morgan fingerprint density at radius 3 is 0.839 bits per heavy atom. The van der Waals surface area contributed by atoms with E-state index in [-0.39, 0.29) is 21.7 Å². The molecule has 0 N–H and O–H groups in total. The number of aryl methyl sites for hydroxylation is 6. The highest BCUT2D eigenvalue weighted by atomic mass is 15.1. The summed E-state index contributed by atoms with van der Waals surface area (Å²) in [5.74, 6) is 4.55. The predicted octanol–water partition coefficient (Wildman–Crippen LogP) is 14.7. The molecule has 0 unspecified atom stereocenters. The Kier molecular flexibility index (Phi) is 10.0. The molecule has 8 aromatic rings. The van der Waals surface area contributed by atoms with E-state index in [1.807, 2.05) is 0 Å². The van der Waals surface area contributed by atoms with Crippen LogP contribution in [0.2, 0.25) is 0 Å². The molecule has 0 aliphatic carbocycles. The van der Waals surface area contributed by atoms with Gasteiger partial charge in [0, 0.05) is 32.8 Å². The summed E-state index contributed by atoms with van der Waals surface area (Å²) in [6, 6.07) is 23.2. The van der Waals surface area contributed by atoms with Crippen LogP contribution in [-0.4, -0.2) is 29.9 Å². The van der Waals surface area contributed by atoms with E-state index in [0.29, 0.717) is 11.6 Å². The molecule has 2 heterocycles. The summed E-state index contributed by atoms with van der Waals surface area (Å²) in [5.41, 5.74) is 13.2. The quantitative estimate of drug-likeness (QED) is 0.165. The van der Waals surface area contributed by atoms with Crippen molar-refractivity contribution < 1.29 is 0 Å². The summed E-state index contributed by atoms with van der Waals surface area (Å²) < 4.78 is 0. The maximum absolute atomic E-state index is 5.32. The molecule has 0 spiro atoms. The highest BCUT2D eigenvalue weighted by Gasteiger charge is 2.30. The van der Waals surface area contributed by atoms with Gasteiger partial charge in [-0.05, 0) is 143 Å². The van der Waals surface area contributed by atoms with Crippen molar-refractivity contribution in [1.82, 2.24) is 29.9 Å². The van der Waals surface area contributed by atoms with Gasteiger partial charge in [-0.25, -0.2) is 29.9 Å². The van der Waals surface area contributed by atoms with Crippen LogP contribution in [0.15, 0.2) is 60.7 Å². The van der Waals surface area contributed by atoms with Gasteiger partial charge in [-0.1, -0.05) is 131 Å². The fourth-order valence-corrected chi connectivity index (χ4v) is 9.32. The minimum Gasteiger partial charge on any atom is -0.217 e. The molecular formula is C56H64N6. The molecule has 318 valence electrons. The number of hydrogen-bond acceptors (Lipinski definition) is 6. The van der Waals surface area contributed by atoms with Crippen LogP contribution in [0.4, 0.5) is 0 Å². The number of benzene rings is 6. The molecule has 0 radical (unpaired) electrons. The van der Waals surface area contributed by atoms with Crippen molar-refractivity contribution in [2.45, 2.75) is 146 Å². The van der Waals surface area contributed by atoms with E-state index in [4.69, 9.17) is 29.9 Å². The third-order valence-electron chi connectivity index (χ3n) is 12.2. The van der Waals surface area contributed by atoms with Crippen LogP contribution in [0.25, 0.3) is 77.3 Å². The molecule has 0 saturated carbocycles. The molecule has 6 aromatic carbocycles. The number of nitrogens with zero attached hydrogens (tertiary/aromatic N) is 6. The molecule has 0 saturated heterocycles. The number of aromatic nitrogens is 6. The third kappa shape index (κ3) is 7.43. The standard InChI is InChI=1S/C56H64N6/c1-29-23-31(3)43(32(4)24-29)39-27-41-37(47-57-49(53(7,8)9)61-50(58-47)54(10,11)12)22-20-36-40(44-33(5)25-30(2)26-34(44)6)28-42-38(21-19-35(39)45(42)46(36)41)48-59-51(55(13,14)15)62-52(60-48)56(16,17)18/h19-28H,1-18H3. The second-order valence-electron chi connectivity index (χ2n) is 22.2. The molecule has 0 fully saturated rings. The lowest BCUT2D eigenvalue weighted by Crippen LogP contribution is -2.24. The van der Waals surface area contributed by atoms with Crippen LogP contribution in [0, 0.1) is 41.5 Å². The van der Waals surface area contributed by atoms with E-state index < -0.39 is 0 Å². The maximum Gasteiger partial charge on any atom is 0.164 e. The fraction of sp³-hybridized carbons (Fsp3) is 0.393. The highest BCUT2D eigenvalue weighted by Crippen LogP contribution is 2.50. The molecule has 0 amide bonds. The van der Waals surface area contributed by atoms with Crippen LogP contribution >= 0.6 is 0 Å². The zero-order valence-corrected chi connectivity index (χ0v) is 40.5. The van der Waals surface area contributed by atoms with Crippen molar-refractivity contribution >= 4 is 32.3 Å². The van der Waals surface area contributed by atoms with Crippen LogP contribution in [0.1, 0.15) is 140 Å². The van der Waals surface area contributed by atoms with Gasteiger partial charge in [-0.2, -0.15) is 0 Å². The van der Waals surface area contributed by atoms with Gasteiger partial charge in [0.25, 0.3) is 0 Å². The van der Waals surface area contributed by atoms with Gasteiger partial charge < -0.3 is 0 Å². The summed E-state index contributed by atoms with van der Waals surface area (Å²) in [6.45, 7) is 39.5. The van der Waals surface area contributed by atoms with E-state index >= 15 is 0 Å². The van der Waals surface area contributed by atoms with E-state index in [1.54, 1.807) is 0 Å². The minimum absolute atomic E-state index is 0.284. The highest BCUT2D eigenvalue weighted by molar-refractivity contribution is 6.32. The second kappa shape index (κ2) is 14.5. The summed E-state index contributed by atoms with van der Waals surface area (Å²) in [7, 11) is 0. The SMILES string of the molecule is Cc1cc(C)c(-c2cc3c(-c4nc(C(C)(C)C)nc(C(C)(C)C)n4)ccc4c(-c5c(C)cc(C)cc5C)cc5c(-c6nc(C(C)(C)C)nc(C(C)(C)C)n6)ccc2c5c34)c(C)c1. The molecule has 0 bridgehead atoms. The zero-order valence-electron chi connectivity index (χ0n) is 40.5. The first-order chi connectivity index (χ1) is 28.7. The van der Waals surface area contributed by atoms with Gasteiger partial charge >= 0.3 is 0 Å². The molecule has 6 heteroatoms. The third-order valence-corrected chi connectivity index (χ3v) is 12.2. The lowest BCUT2D eigenvalue weighted by Gasteiger charge is -2.25. The average Bonchev–Trinajstić information content (AvgIpc) is 3.14. The van der Waals surface area contributed by atoms with Crippen molar-refractivity contribution in [3.8, 4) is 45.0 Å². The Morgan fingerprint density at radius 2 is 0.581 bits per heavy atom. The monoisotopic (exact) mass is 821 g/mol. The Hall–Kier alpha value is -5.62. The first-order valence-electron chi connectivity index (χ1n) is 22.2. The maximum atomic E-state index is 5.32. The topological polar surface area (TPSA) is 77.3 Å². The van der Waals surface area contributed by atoms with E-state index in [2.05, 4.69) is 185 Å². The molecule has 8 rings (SSSR count). The van der Waals surface area contributed by atoms with E-state index in [1.165, 1.54) is 77.2 Å². The predicted molar refractivity (Wildman–Crippen MR) is 262 cm³/mol. The minimum atomic E-state index is -0.284. The Balaban J connectivity index is 1.64. The molecule has 2 aromatic heterocycles. The van der Waals surface area contributed by atoms with Gasteiger partial charge in [-0.15, -0.1) is 0 Å². The average molecular weight is 821 g/mol. The molecule has 0 atom stereocenters. The van der Waals surface area contributed by atoms with Crippen molar-refractivity contribution in [3.63, 3.8) is 0 Å². The lowest BCUT2D eigenvalue weighted by molar-refractivity contribution is 0.497. The van der Waals surface area contributed by atoms with E-state index in [9.17, 15) is 0 Å².